The molecule has 1 heterocycles. The molecule has 0 saturated heterocycles. The standard InChI is InChI=1S/C27H19Cl6NO6/c1-11-27(24(26(37)38)40-12(2)35,18-19(29)21(31)23(33)22(32)20(18)30)16-10-15(39-3)8-9-17(16)34(11)25(36)13-4-6-14(28)7-5-13/h4-11,24H,1-3H3,(H,37,38)/p-1. The summed E-state index contributed by atoms with van der Waals surface area (Å²) in [5.41, 5.74) is -1.52. The molecule has 0 bridgehead atoms. The van der Waals surface area contributed by atoms with Crippen molar-refractivity contribution in [1.82, 2.24) is 0 Å². The van der Waals surface area contributed by atoms with Crippen LogP contribution in [-0.4, -0.2) is 37.1 Å². The van der Waals surface area contributed by atoms with Crippen LogP contribution in [0.25, 0.3) is 0 Å². The fourth-order valence-corrected chi connectivity index (χ4v) is 6.71. The fourth-order valence-electron chi connectivity index (χ4n) is 5.13. The summed E-state index contributed by atoms with van der Waals surface area (Å²) in [6, 6.07) is 9.57. The number of fused-ring (bicyclic) bond motifs is 1. The molecule has 3 aromatic rings. The number of aliphatic carboxylic acids is 1. The highest BCUT2D eigenvalue weighted by atomic mass is 35.5. The molecule has 0 radical (unpaired) electrons. The lowest BCUT2D eigenvalue weighted by atomic mass is 9.67. The molecule has 3 aromatic carbocycles. The Balaban J connectivity index is 2.19. The molecule has 0 saturated carbocycles. The summed E-state index contributed by atoms with van der Waals surface area (Å²) in [5.74, 6) is -3.00. The van der Waals surface area contributed by atoms with E-state index in [1.807, 2.05) is 0 Å². The third-order valence-corrected chi connectivity index (χ3v) is 9.33. The molecular weight excluding hydrogens is 647 g/mol. The second kappa shape index (κ2) is 11.5. The highest BCUT2D eigenvalue weighted by Gasteiger charge is 2.60. The van der Waals surface area contributed by atoms with Gasteiger partial charge in [0.25, 0.3) is 5.91 Å². The van der Waals surface area contributed by atoms with Crippen LogP contribution < -0.4 is 14.7 Å². The van der Waals surface area contributed by atoms with Crippen LogP contribution in [0, 0.1) is 0 Å². The number of esters is 1. The van der Waals surface area contributed by atoms with Gasteiger partial charge in [-0.3, -0.25) is 9.59 Å². The molecule has 0 N–H and O–H groups in total. The van der Waals surface area contributed by atoms with Gasteiger partial charge >= 0.3 is 5.97 Å². The Bertz CT molecular complexity index is 1520. The van der Waals surface area contributed by atoms with E-state index < -0.39 is 35.4 Å². The predicted molar refractivity (Wildman–Crippen MR) is 154 cm³/mol. The van der Waals surface area contributed by atoms with Crippen molar-refractivity contribution < 1.29 is 29.0 Å². The van der Waals surface area contributed by atoms with Crippen LogP contribution in [-0.2, 0) is 19.7 Å². The van der Waals surface area contributed by atoms with E-state index in [9.17, 15) is 19.5 Å². The largest absolute Gasteiger partial charge is 0.546 e. The first-order valence-corrected chi connectivity index (χ1v) is 13.7. The van der Waals surface area contributed by atoms with Crippen LogP contribution in [0.3, 0.4) is 0 Å². The van der Waals surface area contributed by atoms with E-state index in [0.717, 1.165) is 6.92 Å². The van der Waals surface area contributed by atoms with Gasteiger partial charge < -0.3 is 24.3 Å². The molecule has 3 atom stereocenters. The number of carboxylic acid groups (broad SMARTS) is 1. The quantitative estimate of drug-likeness (QED) is 0.167. The number of amides is 1. The van der Waals surface area contributed by atoms with Crippen LogP contribution >= 0.6 is 69.6 Å². The van der Waals surface area contributed by atoms with Gasteiger partial charge in [0.1, 0.15) is 5.75 Å². The summed E-state index contributed by atoms with van der Waals surface area (Å²) in [4.78, 5) is 40.5. The van der Waals surface area contributed by atoms with Gasteiger partial charge in [0.15, 0.2) is 6.10 Å². The summed E-state index contributed by atoms with van der Waals surface area (Å²) in [7, 11) is 1.40. The van der Waals surface area contributed by atoms with Gasteiger partial charge in [0, 0.05) is 28.8 Å². The SMILES string of the molecule is COc1ccc2c(c1)C(c1c(Cl)c(Cl)c(Cl)c(Cl)c1Cl)(C(OC(C)=O)C(=O)[O-])C(C)N2C(=O)c1ccc(Cl)cc1. The van der Waals surface area contributed by atoms with E-state index in [0.29, 0.717) is 5.02 Å². The lowest BCUT2D eigenvalue weighted by molar-refractivity contribution is -0.318. The number of carbonyl (C=O) groups excluding carboxylic acids is 3. The van der Waals surface area contributed by atoms with Crippen molar-refractivity contribution >= 4 is 93.1 Å². The number of ether oxygens (including phenoxy) is 2. The highest BCUT2D eigenvalue weighted by molar-refractivity contribution is 6.55. The minimum absolute atomic E-state index is 0.140. The molecule has 1 amide bonds. The number of hydrogen-bond donors (Lipinski definition) is 0. The monoisotopic (exact) mass is 662 g/mol. The van der Waals surface area contributed by atoms with E-state index >= 15 is 0 Å². The van der Waals surface area contributed by atoms with E-state index in [2.05, 4.69) is 0 Å². The van der Waals surface area contributed by atoms with Crippen LogP contribution in [0.2, 0.25) is 30.1 Å². The molecule has 13 heteroatoms. The van der Waals surface area contributed by atoms with Crippen molar-refractivity contribution in [1.29, 1.82) is 0 Å². The molecule has 7 nitrogen and oxygen atoms in total. The predicted octanol–water partition coefficient (Wildman–Crippen LogP) is 6.63. The summed E-state index contributed by atoms with van der Waals surface area (Å²) in [6.45, 7) is 2.57. The zero-order valence-corrected chi connectivity index (χ0v) is 25.4. The zero-order chi connectivity index (χ0) is 29.7. The highest BCUT2D eigenvalue weighted by Crippen LogP contribution is 2.59. The molecule has 0 aromatic heterocycles. The number of halogens is 6. The Morgan fingerprint density at radius 2 is 1.45 bits per heavy atom. The van der Waals surface area contributed by atoms with Crippen LogP contribution in [0.15, 0.2) is 42.5 Å². The second-order valence-electron chi connectivity index (χ2n) is 8.86. The Kier molecular flexibility index (Phi) is 8.77. The van der Waals surface area contributed by atoms with E-state index in [-0.39, 0.29) is 53.2 Å². The maximum absolute atomic E-state index is 14.0. The number of anilines is 1. The van der Waals surface area contributed by atoms with Crippen molar-refractivity contribution in [2.75, 3.05) is 12.0 Å². The van der Waals surface area contributed by atoms with Crippen LogP contribution in [0.4, 0.5) is 5.69 Å². The number of nitrogens with zero attached hydrogens (tertiary/aromatic N) is 1. The lowest BCUT2D eigenvalue weighted by Crippen LogP contribution is -2.59. The fraction of sp³-hybridized carbons (Fsp3) is 0.222. The van der Waals surface area contributed by atoms with Crippen LogP contribution in [0.1, 0.15) is 35.3 Å². The van der Waals surface area contributed by atoms with Gasteiger partial charge in [0.2, 0.25) is 0 Å². The molecule has 40 heavy (non-hydrogen) atoms. The van der Waals surface area contributed by atoms with Crippen molar-refractivity contribution in [3.05, 3.63) is 89.3 Å². The summed E-state index contributed by atoms with van der Waals surface area (Å²) < 4.78 is 10.8. The van der Waals surface area contributed by atoms with Crippen molar-refractivity contribution in [2.45, 2.75) is 31.4 Å². The molecule has 4 rings (SSSR count). The molecule has 0 spiro atoms. The van der Waals surface area contributed by atoms with Gasteiger partial charge in [-0.05, 0) is 55.0 Å². The van der Waals surface area contributed by atoms with E-state index in [1.165, 1.54) is 42.3 Å². The zero-order valence-electron chi connectivity index (χ0n) is 20.9. The minimum atomic E-state index is -2.09. The molecule has 3 unspecified atom stereocenters. The third kappa shape index (κ3) is 4.77. The average Bonchev–Trinajstić information content (AvgIpc) is 3.17. The Morgan fingerprint density at radius 1 is 0.900 bits per heavy atom. The summed E-state index contributed by atoms with van der Waals surface area (Å²) in [5, 5.41) is 12.1. The molecule has 0 aliphatic carbocycles. The average molecular weight is 665 g/mol. The van der Waals surface area contributed by atoms with Gasteiger partial charge in [0.05, 0.1) is 49.6 Å². The first-order chi connectivity index (χ1) is 18.8. The van der Waals surface area contributed by atoms with Crippen molar-refractivity contribution in [2.24, 2.45) is 0 Å². The maximum atomic E-state index is 14.0. The Labute approximate surface area is 259 Å². The van der Waals surface area contributed by atoms with Gasteiger partial charge in [-0.25, -0.2) is 0 Å². The van der Waals surface area contributed by atoms with Crippen molar-refractivity contribution in [3.8, 4) is 5.75 Å². The van der Waals surface area contributed by atoms with Gasteiger partial charge in [-0.15, -0.1) is 0 Å². The number of methoxy groups -OCH3 is 1. The third-order valence-electron chi connectivity index (χ3n) is 6.80. The number of rotatable bonds is 6. The number of hydrogen-bond acceptors (Lipinski definition) is 6. The van der Waals surface area contributed by atoms with E-state index in [1.54, 1.807) is 19.1 Å². The van der Waals surface area contributed by atoms with E-state index in [4.69, 9.17) is 79.1 Å². The van der Waals surface area contributed by atoms with Crippen molar-refractivity contribution in [3.63, 3.8) is 0 Å². The maximum Gasteiger partial charge on any atom is 0.303 e. The molecular formula is C27H18Cl6NO6-. The lowest BCUT2D eigenvalue weighted by Gasteiger charge is -2.43. The van der Waals surface area contributed by atoms with Gasteiger partial charge in [-0.2, -0.15) is 0 Å². The molecule has 1 aliphatic rings. The second-order valence-corrected chi connectivity index (χ2v) is 11.2. The molecule has 0 fully saturated rings. The minimum Gasteiger partial charge on any atom is -0.546 e. The molecule has 210 valence electrons. The first-order valence-electron chi connectivity index (χ1n) is 11.5. The normalized spacial score (nSPS) is 18.7. The number of benzene rings is 3. The number of carboxylic acids is 1. The smallest absolute Gasteiger partial charge is 0.303 e. The van der Waals surface area contributed by atoms with Crippen LogP contribution in [0.5, 0.6) is 5.75 Å². The summed E-state index contributed by atoms with van der Waals surface area (Å²) >= 11 is 38.6. The first kappa shape index (κ1) is 30.6. The Hall–Kier alpha value is -2.39. The Morgan fingerprint density at radius 3 is 1.95 bits per heavy atom. The topological polar surface area (TPSA) is 96.0 Å². The molecule has 1 aliphatic heterocycles. The van der Waals surface area contributed by atoms with Gasteiger partial charge in [-0.1, -0.05) is 69.6 Å². The number of carbonyl (C=O) groups is 3. The summed E-state index contributed by atoms with van der Waals surface area (Å²) in [6.07, 6.45) is -2.09.